The predicted molar refractivity (Wildman–Crippen MR) is 58.3 cm³/mol. The first-order valence-electron chi connectivity index (χ1n) is 6.31. The van der Waals surface area contributed by atoms with Crippen molar-refractivity contribution in [2.24, 2.45) is 5.41 Å². The van der Waals surface area contributed by atoms with Crippen LogP contribution in [-0.4, -0.2) is 36.6 Å². The summed E-state index contributed by atoms with van der Waals surface area (Å²) in [6.07, 6.45) is 7.22. The Balaban J connectivity index is 1.62. The second kappa shape index (κ2) is 3.21. The van der Waals surface area contributed by atoms with Crippen LogP contribution >= 0.6 is 0 Å². The Labute approximate surface area is 87.0 Å². The average Bonchev–Trinajstić information content (AvgIpc) is 3.05. The Morgan fingerprint density at radius 3 is 2.64 bits per heavy atom. The maximum Gasteiger partial charge on any atom is 0.0150 e. The third-order valence-electron chi connectivity index (χ3n) is 4.37. The van der Waals surface area contributed by atoms with Gasteiger partial charge in [0, 0.05) is 18.6 Å². The van der Waals surface area contributed by atoms with Crippen molar-refractivity contribution >= 4 is 0 Å². The molecule has 1 spiro atoms. The molecule has 1 unspecified atom stereocenters. The van der Waals surface area contributed by atoms with Crippen molar-refractivity contribution in [1.29, 1.82) is 0 Å². The van der Waals surface area contributed by atoms with E-state index in [1.165, 1.54) is 51.7 Å². The monoisotopic (exact) mass is 194 g/mol. The molecule has 2 heteroatoms. The summed E-state index contributed by atoms with van der Waals surface area (Å²) < 4.78 is 0. The molecule has 1 N–H and O–H groups in total. The average molecular weight is 194 g/mol. The van der Waals surface area contributed by atoms with Gasteiger partial charge in [0.2, 0.25) is 0 Å². The third-order valence-corrected chi connectivity index (χ3v) is 4.37. The highest BCUT2D eigenvalue weighted by molar-refractivity contribution is 5.08. The van der Waals surface area contributed by atoms with Gasteiger partial charge in [-0.15, -0.1) is 0 Å². The van der Waals surface area contributed by atoms with Gasteiger partial charge in [-0.05, 0) is 50.6 Å². The number of piperidine rings is 1. The van der Waals surface area contributed by atoms with Gasteiger partial charge < -0.3 is 10.2 Å². The molecular formula is C12H22N2. The molecule has 1 heterocycles. The van der Waals surface area contributed by atoms with Crippen molar-refractivity contribution in [3.8, 4) is 0 Å². The summed E-state index contributed by atoms with van der Waals surface area (Å²) in [5.41, 5.74) is 0.705. The summed E-state index contributed by atoms with van der Waals surface area (Å²) in [5, 5.41) is 3.86. The van der Waals surface area contributed by atoms with Gasteiger partial charge >= 0.3 is 0 Å². The van der Waals surface area contributed by atoms with E-state index in [-0.39, 0.29) is 0 Å². The molecule has 80 valence electrons. The third kappa shape index (κ3) is 1.59. The Bertz CT molecular complexity index is 218. The maximum absolute atomic E-state index is 3.86. The van der Waals surface area contributed by atoms with Gasteiger partial charge in [-0.25, -0.2) is 0 Å². The molecule has 0 aromatic rings. The van der Waals surface area contributed by atoms with Gasteiger partial charge in [0.25, 0.3) is 0 Å². The zero-order valence-corrected chi connectivity index (χ0v) is 9.26. The fourth-order valence-corrected chi connectivity index (χ4v) is 2.98. The van der Waals surface area contributed by atoms with Crippen molar-refractivity contribution in [3.63, 3.8) is 0 Å². The predicted octanol–water partition coefficient (Wildman–Crippen LogP) is 1.61. The van der Waals surface area contributed by atoms with E-state index in [2.05, 4.69) is 17.1 Å². The van der Waals surface area contributed by atoms with E-state index in [1.807, 2.05) is 0 Å². The molecule has 0 bridgehead atoms. The minimum Gasteiger partial charge on any atom is -0.311 e. The van der Waals surface area contributed by atoms with Crippen LogP contribution in [-0.2, 0) is 0 Å². The number of nitrogens with zero attached hydrogens (tertiary/aromatic N) is 1. The second-order valence-corrected chi connectivity index (χ2v) is 5.51. The van der Waals surface area contributed by atoms with Gasteiger partial charge in [-0.1, -0.05) is 6.92 Å². The SMILES string of the molecule is CCN1CCC(NC2CC2)C2(CC2)C1. The van der Waals surface area contributed by atoms with Crippen molar-refractivity contribution in [1.82, 2.24) is 10.2 Å². The molecule has 1 aliphatic heterocycles. The number of hydrogen-bond acceptors (Lipinski definition) is 2. The molecule has 2 saturated carbocycles. The van der Waals surface area contributed by atoms with E-state index in [0.29, 0.717) is 5.41 Å². The molecule has 2 aliphatic carbocycles. The van der Waals surface area contributed by atoms with Crippen LogP contribution in [0.1, 0.15) is 39.0 Å². The van der Waals surface area contributed by atoms with Gasteiger partial charge in [0.15, 0.2) is 0 Å². The van der Waals surface area contributed by atoms with Crippen LogP contribution in [0.2, 0.25) is 0 Å². The van der Waals surface area contributed by atoms with E-state index < -0.39 is 0 Å². The van der Waals surface area contributed by atoms with Crippen molar-refractivity contribution < 1.29 is 0 Å². The summed E-state index contributed by atoms with van der Waals surface area (Å²) in [6, 6.07) is 1.75. The first-order chi connectivity index (χ1) is 6.82. The molecule has 3 rings (SSSR count). The molecule has 0 aromatic heterocycles. The lowest BCUT2D eigenvalue weighted by Crippen LogP contribution is -2.51. The lowest BCUT2D eigenvalue weighted by Gasteiger charge is -2.39. The summed E-state index contributed by atoms with van der Waals surface area (Å²) >= 11 is 0. The van der Waals surface area contributed by atoms with E-state index in [0.717, 1.165) is 12.1 Å². The lowest BCUT2D eigenvalue weighted by atomic mass is 9.89. The minimum atomic E-state index is 0.705. The van der Waals surface area contributed by atoms with E-state index in [4.69, 9.17) is 0 Å². The molecule has 14 heavy (non-hydrogen) atoms. The Morgan fingerprint density at radius 2 is 2.07 bits per heavy atom. The first-order valence-corrected chi connectivity index (χ1v) is 6.31. The van der Waals surface area contributed by atoms with Crippen molar-refractivity contribution in [2.75, 3.05) is 19.6 Å². The Morgan fingerprint density at radius 1 is 1.29 bits per heavy atom. The fourth-order valence-electron chi connectivity index (χ4n) is 2.98. The zero-order valence-electron chi connectivity index (χ0n) is 9.26. The van der Waals surface area contributed by atoms with Gasteiger partial charge in [-0.3, -0.25) is 0 Å². The molecular weight excluding hydrogens is 172 g/mol. The van der Waals surface area contributed by atoms with E-state index in [9.17, 15) is 0 Å². The van der Waals surface area contributed by atoms with Crippen LogP contribution in [0.4, 0.5) is 0 Å². The number of hydrogen-bond donors (Lipinski definition) is 1. The highest BCUT2D eigenvalue weighted by Crippen LogP contribution is 2.52. The molecule has 0 aromatic carbocycles. The fraction of sp³-hybridized carbons (Fsp3) is 1.00. The normalized spacial score (nSPS) is 36.2. The summed E-state index contributed by atoms with van der Waals surface area (Å²) in [5.74, 6) is 0. The van der Waals surface area contributed by atoms with Crippen LogP contribution < -0.4 is 5.32 Å². The Kier molecular flexibility index (Phi) is 2.10. The van der Waals surface area contributed by atoms with E-state index >= 15 is 0 Å². The number of rotatable bonds is 3. The highest BCUT2D eigenvalue weighted by atomic mass is 15.2. The molecule has 2 nitrogen and oxygen atoms in total. The quantitative estimate of drug-likeness (QED) is 0.734. The smallest absolute Gasteiger partial charge is 0.0150 e. The number of likely N-dealkylation sites (tertiary alicyclic amines) is 1. The topological polar surface area (TPSA) is 15.3 Å². The zero-order chi connectivity index (χ0) is 9.60. The van der Waals surface area contributed by atoms with Crippen LogP contribution in [0.15, 0.2) is 0 Å². The molecule has 3 aliphatic rings. The summed E-state index contributed by atoms with van der Waals surface area (Å²) in [6.45, 7) is 6.24. The van der Waals surface area contributed by atoms with Crippen molar-refractivity contribution in [2.45, 2.75) is 51.1 Å². The van der Waals surface area contributed by atoms with Crippen LogP contribution in [0, 0.1) is 5.41 Å². The van der Waals surface area contributed by atoms with Gasteiger partial charge in [0.1, 0.15) is 0 Å². The molecule has 1 saturated heterocycles. The summed E-state index contributed by atoms with van der Waals surface area (Å²) in [4.78, 5) is 2.64. The van der Waals surface area contributed by atoms with Gasteiger partial charge in [0.05, 0.1) is 0 Å². The van der Waals surface area contributed by atoms with Crippen LogP contribution in [0.25, 0.3) is 0 Å². The number of nitrogens with one attached hydrogen (secondary N) is 1. The second-order valence-electron chi connectivity index (χ2n) is 5.51. The van der Waals surface area contributed by atoms with Crippen LogP contribution in [0.5, 0.6) is 0 Å². The highest BCUT2D eigenvalue weighted by Gasteiger charge is 2.52. The minimum absolute atomic E-state index is 0.705. The standard InChI is InChI=1S/C12H22N2/c1-2-14-8-5-11(13-10-3-4-10)12(9-14)6-7-12/h10-11,13H,2-9H2,1H3. The van der Waals surface area contributed by atoms with Crippen LogP contribution in [0.3, 0.4) is 0 Å². The summed E-state index contributed by atoms with van der Waals surface area (Å²) in [7, 11) is 0. The van der Waals surface area contributed by atoms with Crippen molar-refractivity contribution in [3.05, 3.63) is 0 Å². The van der Waals surface area contributed by atoms with E-state index in [1.54, 1.807) is 0 Å². The van der Waals surface area contributed by atoms with Gasteiger partial charge in [-0.2, -0.15) is 0 Å². The largest absolute Gasteiger partial charge is 0.311 e. The molecule has 3 fully saturated rings. The molecule has 0 amide bonds. The molecule has 1 atom stereocenters. The first kappa shape index (κ1) is 9.17. The maximum atomic E-state index is 3.86. The molecule has 0 radical (unpaired) electrons. The Hall–Kier alpha value is -0.0800. The lowest BCUT2D eigenvalue weighted by molar-refractivity contribution is 0.127.